The Balaban J connectivity index is 2.45. The van der Waals surface area contributed by atoms with Gasteiger partial charge in [-0.2, -0.15) is 0 Å². The van der Waals surface area contributed by atoms with Crippen molar-refractivity contribution in [3.05, 3.63) is 35.6 Å². The van der Waals surface area contributed by atoms with Crippen LogP contribution in [0.4, 0.5) is 0 Å². The molecule has 0 aliphatic heterocycles. The molecule has 0 fully saturated rings. The lowest BCUT2D eigenvalue weighted by Gasteiger charge is -2.07. The second-order valence-electron chi connectivity index (χ2n) is 4.02. The van der Waals surface area contributed by atoms with Crippen molar-refractivity contribution in [2.75, 3.05) is 0 Å². The minimum Gasteiger partial charge on any atom is -0.460 e. The molecule has 0 saturated heterocycles. The monoisotopic (exact) mass is 203 g/mol. The van der Waals surface area contributed by atoms with Crippen molar-refractivity contribution in [3.63, 3.8) is 0 Å². The van der Waals surface area contributed by atoms with Crippen LogP contribution in [0.1, 0.15) is 37.5 Å². The summed E-state index contributed by atoms with van der Waals surface area (Å²) < 4.78 is 5.56. The summed E-state index contributed by atoms with van der Waals surface area (Å²) in [4.78, 5) is 0. The third-order valence-electron chi connectivity index (χ3n) is 2.97. The van der Waals surface area contributed by atoms with Crippen LogP contribution in [0.2, 0.25) is 0 Å². The molecule has 2 heteroatoms. The molecular weight excluding hydrogens is 186 g/mol. The van der Waals surface area contributed by atoms with Gasteiger partial charge < -0.3 is 10.2 Å². The van der Waals surface area contributed by atoms with Crippen LogP contribution < -0.4 is 5.73 Å². The molecule has 1 atom stereocenters. The lowest BCUT2D eigenvalue weighted by Crippen LogP contribution is -1.92. The Morgan fingerprint density at radius 3 is 2.80 bits per heavy atom. The van der Waals surface area contributed by atoms with Crippen LogP contribution in [0.3, 0.4) is 0 Å². The summed E-state index contributed by atoms with van der Waals surface area (Å²) in [6, 6.07) is 8.41. The van der Waals surface area contributed by atoms with Crippen LogP contribution >= 0.6 is 0 Å². The summed E-state index contributed by atoms with van der Waals surface area (Å²) in [5, 5.41) is 1.16. The fourth-order valence-electron chi connectivity index (χ4n) is 1.76. The van der Waals surface area contributed by atoms with Crippen LogP contribution in [0.5, 0.6) is 0 Å². The highest BCUT2D eigenvalue weighted by Gasteiger charge is 2.06. The molecule has 80 valence electrons. The third kappa shape index (κ3) is 1.90. The van der Waals surface area contributed by atoms with Crippen molar-refractivity contribution in [2.45, 2.75) is 32.7 Å². The predicted octanol–water partition coefficient (Wildman–Crippen LogP) is 3.41. The Kier molecular flexibility index (Phi) is 2.78. The molecule has 0 aliphatic carbocycles. The van der Waals surface area contributed by atoms with E-state index in [0.29, 0.717) is 12.5 Å². The highest BCUT2D eigenvalue weighted by Crippen LogP contribution is 2.25. The van der Waals surface area contributed by atoms with E-state index < -0.39 is 0 Å². The van der Waals surface area contributed by atoms with Gasteiger partial charge in [0.1, 0.15) is 11.3 Å². The summed E-state index contributed by atoms with van der Waals surface area (Å²) in [6.07, 6.45) is 1.16. The third-order valence-corrected chi connectivity index (χ3v) is 2.97. The average Bonchev–Trinajstić information content (AvgIpc) is 2.69. The van der Waals surface area contributed by atoms with E-state index in [2.05, 4.69) is 26.0 Å². The predicted molar refractivity (Wildman–Crippen MR) is 62.8 cm³/mol. The standard InChI is InChI=1S/C13H17NO/c1-3-9(2)10-4-5-13-11(6-10)7-12(8-14)15-13/h4-7,9H,3,8,14H2,1-2H3. The summed E-state index contributed by atoms with van der Waals surface area (Å²) >= 11 is 0. The Morgan fingerprint density at radius 1 is 1.33 bits per heavy atom. The maximum absolute atomic E-state index is 5.56. The fraction of sp³-hybridized carbons (Fsp3) is 0.385. The summed E-state index contributed by atoms with van der Waals surface area (Å²) in [7, 11) is 0. The molecule has 1 aromatic heterocycles. The number of benzene rings is 1. The van der Waals surface area contributed by atoms with E-state index >= 15 is 0 Å². The minimum atomic E-state index is 0.466. The Morgan fingerprint density at radius 2 is 2.13 bits per heavy atom. The lowest BCUT2D eigenvalue weighted by atomic mass is 9.98. The van der Waals surface area contributed by atoms with Crippen LogP contribution in [0.15, 0.2) is 28.7 Å². The first-order valence-electron chi connectivity index (χ1n) is 5.47. The van der Waals surface area contributed by atoms with Crippen molar-refractivity contribution in [3.8, 4) is 0 Å². The SMILES string of the molecule is CCC(C)c1ccc2oc(CN)cc2c1. The van der Waals surface area contributed by atoms with E-state index in [1.807, 2.05) is 12.1 Å². The maximum Gasteiger partial charge on any atom is 0.134 e. The molecular formula is C13H17NO. The van der Waals surface area contributed by atoms with Crippen LogP contribution in [0, 0.1) is 0 Å². The molecule has 2 nitrogen and oxygen atoms in total. The number of hydrogen-bond donors (Lipinski definition) is 1. The summed E-state index contributed by atoms with van der Waals surface area (Å²) in [5.41, 5.74) is 7.85. The number of hydrogen-bond acceptors (Lipinski definition) is 2. The van der Waals surface area contributed by atoms with Gasteiger partial charge in [0.25, 0.3) is 0 Å². The van der Waals surface area contributed by atoms with Gasteiger partial charge in [0.15, 0.2) is 0 Å². The molecule has 15 heavy (non-hydrogen) atoms. The molecule has 0 aliphatic rings. The molecule has 2 aromatic rings. The Labute approximate surface area is 90.1 Å². The molecule has 0 spiro atoms. The summed E-state index contributed by atoms with van der Waals surface area (Å²) in [6.45, 7) is 4.91. The first-order valence-corrected chi connectivity index (χ1v) is 5.47. The van der Waals surface area contributed by atoms with Gasteiger partial charge >= 0.3 is 0 Å². The summed E-state index contributed by atoms with van der Waals surface area (Å²) in [5.74, 6) is 1.46. The smallest absolute Gasteiger partial charge is 0.134 e. The minimum absolute atomic E-state index is 0.466. The molecule has 1 unspecified atom stereocenters. The zero-order valence-electron chi connectivity index (χ0n) is 9.29. The van der Waals surface area contributed by atoms with Crippen LogP contribution in [-0.4, -0.2) is 0 Å². The topological polar surface area (TPSA) is 39.2 Å². The largest absolute Gasteiger partial charge is 0.460 e. The Bertz CT molecular complexity index is 459. The second kappa shape index (κ2) is 4.07. The van der Waals surface area contributed by atoms with Crippen molar-refractivity contribution < 1.29 is 4.42 Å². The van der Waals surface area contributed by atoms with E-state index in [-0.39, 0.29) is 0 Å². The van der Waals surface area contributed by atoms with E-state index in [4.69, 9.17) is 10.2 Å². The molecule has 0 bridgehead atoms. The van der Waals surface area contributed by atoms with Gasteiger partial charge in [-0.1, -0.05) is 19.9 Å². The van der Waals surface area contributed by atoms with Crippen molar-refractivity contribution in [1.29, 1.82) is 0 Å². The van der Waals surface area contributed by atoms with Gasteiger partial charge in [-0.3, -0.25) is 0 Å². The molecule has 2 rings (SSSR count). The van der Waals surface area contributed by atoms with Gasteiger partial charge in [0.2, 0.25) is 0 Å². The highest BCUT2D eigenvalue weighted by molar-refractivity contribution is 5.78. The first-order chi connectivity index (χ1) is 7.24. The quantitative estimate of drug-likeness (QED) is 0.830. The van der Waals surface area contributed by atoms with Crippen LogP contribution in [0.25, 0.3) is 11.0 Å². The van der Waals surface area contributed by atoms with Gasteiger partial charge in [-0.25, -0.2) is 0 Å². The van der Waals surface area contributed by atoms with E-state index in [9.17, 15) is 0 Å². The average molecular weight is 203 g/mol. The normalized spacial score (nSPS) is 13.3. The zero-order valence-corrected chi connectivity index (χ0v) is 9.29. The van der Waals surface area contributed by atoms with Gasteiger partial charge in [-0.05, 0) is 36.1 Å². The van der Waals surface area contributed by atoms with E-state index in [1.165, 1.54) is 5.56 Å². The first kappa shape index (κ1) is 10.2. The van der Waals surface area contributed by atoms with Crippen LogP contribution in [-0.2, 0) is 6.54 Å². The molecule has 1 heterocycles. The van der Waals surface area contributed by atoms with Crippen molar-refractivity contribution in [1.82, 2.24) is 0 Å². The van der Waals surface area contributed by atoms with Crippen molar-refractivity contribution >= 4 is 11.0 Å². The van der Waals surface area contributed by atoms with E-state index in [0.717, 1.165) is 23.2 Å². The zero-order chi connectivity index (χ0) is 10.8. The number of furan rings is 1. The van der Waals surface area contributed by atoms with Gasteiger partial charge in [-0.15, -0.1) is 0 Å². The fourth-order valence-corrected chi connectivity index (χ4v) is 1.76. The van der Waals surface area contributed by atoms with E-state index in [1.54, 1.807) is 0 Å². The molecule has 2 N–H and O–H groups in total. The maximum atomic E-state index is 5.56. The van der Waals surface area contributed by atoms with Crippen molar-refractivity contribution in [2.24, 2.45) is 5.73 Å². The number of nitrogens with two attached hydrogens (primary N) is 1. The molecule has 0 radical (unpaired) electrons. The number of fused-ring (bicyclic) bond motifs is 1. The molecule has 1 aromatic carbocycles. The highest BCUT2D eigenvalue weighted by atomic mass is 16.3. The number of rotatable bonds is 3. The Hall–Kier alpha value is -1.28. The van der Waals surface area contributed by atoms with Gasteiger partial charge in [0.05, 0.1) is 6.54 Å². The second-order valence-corrected chi connectivity index (χ2v) is 4.02. The lowest BCUT2D eigenvalue weighted by molar-refractivity contribution is 0.552. The van der Waals surface area contributed by atoms with Gasteiger partial charge in [0, 0.05) is 5.39 Å². The molecule has 0 saturated carbocycles. The molecule has 0 amide bonds.